The van der Waals surface area contributed by atoms with Gasteiger partial charge in [0.25, 0.3) is 0 Å². The summed E-state index contributed by atoms with van der Waals surface area (Å²) in [5.74, 6) is 0.848. The molecular weight excluding hydrogens is 252 g/mol. The quantitative estimate of drug-likeness (QED) is 0.914. The van der Waals surface area contributed by atoms with Crippen LogP contribution in [0.4, 0.5) is 0 Å². The topological polar surface area (TPSA) is 47.3 Å². The third-order valence-corrected chi connectivity index (χ3v) is 4.10. The largest absolute Gasteiger partial charge is 0.497 e. The van der Waals surface area contributed by atoms with E-state index in [0.717, 1.165) is 35.5 Å². The Labute approximate surface area is 119 Å². The van der Waals surface area contributed by atoms with E-state index in [1.54, 1.807) is 7.11 Å². The second-order valence-corrected chi connectivity index (χ2v) is 5.49. The Morgan fingerprint density at radius 3 is 2.75 bits per heavy atom. The molecule has 0 spiro atoms. The molecule has 20 heavy (non-hydrogen) atoms. The normalized spacial score (nSPS) is 21.6. The summed E-state index contributed by atoms with van der Waals surface area (Å²) in [7, 11) is 1.67. The van der Waals surface area contributed by atoms with Crippen molar-refractivity contribution in [1.29, 1.82) is 0 Å². The molecule has 0 radical (unpaired) electrons. The number of fused-ring (bicyclic) bond motifs is 1. The lowest BCUT2D eigenvalue weighted by molar-refractivity contribution is 0.0908. The minimum absolute atomic E-state index is 0.0181. The zero-order chi connectivity index (χ0) is 14.3. The van der Waals surface area contributed by atoms with Crippen molar-refractivity contribution < 1.29 is 9.84 Å². The molecule has 1 aliphatic rings. The van der Waals surface area contributed by atoms with Crippen molar-refractivity contribution in [2.45, 2.75) is 38.8 Å². The summed E-state index contributed by atoms with van der Waals surface area (Å²) in [4.78, 5) is 0. The van der Waals surface area contributed by atoms with E-state index >= 15 is 0 Å². The van der Waals surface area contributed by atoms with Crippen LogP contribution in [0.2, 0.25) is 0 Å². The lowest BCUT2D eigenvalue weighted by atomic mass is 9.85. The minimum Gasteiger partial charge on any atom is -0.497 e. The van der Waals surface area contributed by atoms with E-state index in [-0.39, 0.29) is 6.04 Å². The molecule has 106 valence electrons. The van der Waals surface area contributed by atoms with Crippen molar-refractivity contribution in [2.24, 2.45) is 0 Å². The standard InChI is InChI=1S/C16H20N2O2/c1-10-8-11(2)18(17-10)15-7-4-12-9-13(20-3)5-6-14(12)16(15)19/h5-6,8-9,15-16,19H,4,7H2,1-3H3. The number of methoxy groups -OCH3 is 1. The predicted octanol–water partition coefficient (Wildman–Crippen LogP) is 2.73. The van der Waals surface area contributed by atoms with Crippen LogP contribution in [0.25, 0.3) is 0 Å². The zero-order valence-electron chi connectivity index (χ0n) is 12.1. The first-order valence-corrected chi connectivity index (χ1v) is 6.98. The van der Waals surface area contributed by atoms with Crippen molar-refractivity contribution in [3.05, 3.63) is 46.8 Å². The molecule has 4 nitrogen and oxygen atoms in total. The van der Waals surface area contributed by atoms with Crippen LogP contribution in [-0.4, -0.2) is 22.0 Å². The highest BCUT2D eigenvalue weighted by atomic mass is 16.5. The molecule has 2 unspecified atom stereocenters. The van der Waals surface area contributed by atoms with Crippen LogP contribution in [0.15, 0.2) is 24.3 Å². The smallest absolute Gasteiger partial charge is 0.119 e. The fourth-order valence-electron chi connectivity index (χ4n) is 3.12. The monoisotopic (exact) mass is 272 g/mol. The van der Waals surface area contributed by atoms with Crippen LogP contribution in [-0.2, 0) is 6.42 Å². The van der Waals surface area contributed by atoms with E-state index < -0.39 is 6.10 Å². The lowest BCUT2D eigenvalue weighted by Crippen LogP contribution is -2.25. The van der Waals surface area contributed by atoms with Gasteiger partial charge in [0.15, 0.2) is 0 Å². The fourth-order valence-corrected chi connectivity index (χ4v) is 3.12. The first-order valence-electron chi connectivity index (χ1n) is 6.98. The molecule has 2 atom stereocenters. The molecule has 1 N–H and O–H groups in total. The molecule has 0 saturated carbocycles. The van der Waals surface area contributed by atoms with Gasteiger partial charge in [-0.2, -0.15) is 5.10 Å². The maximum Gasteiger partial charge on any atom is 0.119 e. The first kappa shape index (κ1) is 13.2. The first-order chi connectivity index (χ1) is 9.60. The number of aryl methyl sites for hydroxylation is 3. The third kappa shape index (κ3) is 2.10. The maximum atomic E-state index is 10.7. The second-order valence-electron chi connectivity index (χ2n) is 5.49. The Hall–Kier alpha value is -1.81. The van der Waals surface area contributed by atoms with Crippen LogP contribution in [0, 0.1) is 13.8 Å². The van der Waals surface area contributed by atoms with Gasteiger partial charge in [-0.25, -0.2) is 0 Å². The number of hydrogen-bond acceptors (Lipinski definition) is 3. The molecule has 1 aromatic carbocycles. The van der Waals surface area contributed by atoms with Crippen molar-refractivity contribution in [3.8, 4) is 5.75 Å². The SMILES string of the molecule is COc1ccc2c(c1)CCC(n1nc(C)cc1C)C2O. The highest BCUT2D eigenvalue weighted by Crippen LogP contribution is 2.39. The van der Waals surface area contributed by atoms with Gasteiger partial charge < -0.3 is 9.84 Å². The van der Waals surface area contributed by atoms with Gasteiger partial charge in [0, 0.05) is 5.69 Å². The number of aliphatic hydroxyl groups excluding tert-OH is 1. The summed E-state index contributed by atoms with van der Waals surface area (Å²) in [6.45, 7) is 4.02. The second kappa shape index (κ2) is 4.94. The summed E-state index contributed by atoms with van der Waals surface area (Å²) in [6.07, 6.45) is 1.32. The van der Waals surface area contributed by atoms with E-state index in [2.05, 4.69) is 11.2 Å². The molecule has 0 aliphatic heterocycles. The number of rotatable bonds is 2. The van der Waals surface area contributed by atoms with E-state index in [4.69, 9.17) is 4.74 Å². The van der Waals surface area contributed by atoms with E-state index in [9.17, 15) is 5.11 Å². The maximum absolute atomic E-state index is 10.7. The summed E-state index contributed by atoms with van der Waals surface area (Å²) in [6, 6.07) is 7.97. The van der Waals surface area contributed by atoms with Crippen LogP contribution in [0.1, 0.15) is 41.1 Å². The van der Waals surface area contributed by atoms with Crippen LogP contribution in [0.3, 0.4) is 0 Å². The molecule has 0 saturated heterocycles. The summed E-state index contributed by atoms with van der Waals surface area (Å²) >= 11 is 0. The van der Waals surface area contributed by atoms with Crippen molar-refractivity contribution in [2.75, 3.05) is 7.11 Å². The van der Waals surface area contributed by atoms with Crippen molar-refractivity contribution in [1.82, 2.24) is 9.78 Å². The van der Waals surface area contributed by atoms with E-state index in [0.29, 0.717) is 0 Å². The average molecular weight is 272 g/mol. The highest BCUT2D eigenvalue weighted by molar-refractivity contribution is 5.39. The molecule has 0 amide bonds. The summed E-state index contributed by atoms with van der Waals surface area (Å²) in [5, 5.41) is 15.2. The lowest BCUT2D eigenvalue weighted by Gasteiger charge is -2.31. The Morgan fingerprint density at radius 1 is 1.30 bits per heavy atom. The van der Waals surface area contributed by atoms with Gasteiger partial charge in [-0.15, -0.1) is 0 Å². The van der Waals surface area contributed by atoms with Gasteiger partial charge in [-0.3, -0.25) is 4.68 Å². The number of nitrogens with zero attached hydrogens (tertiary/aromatic N) is 2. The van der Waals surface area contributed by atoms with Crippen molar-refractivity contribution >= 4 is 0 Å². The molecule has 4 heteroatoms. The minimum atomic E-state index is -0.511. The zero-order valence-corrected chi connectivity index (χ0v) is 12.1. The Bertz CT molecular complexity index is 633. The third-order valence-electron chi connectivity index (χ3n) is 4.10. The van der Waals surface area contributed by atoms with E-state index in [1.807, 2.05) is 36.7 Å². The van der Waals surface area contributed by atoms with Gasteiger partial charge in [0.2, 0.25) is 0 Å². The van der Waals surface area contributed by atoms with Crippen molar-refractivity contribution in [3.63, 3.8) is 0 Å². The molecule has 3 rings (SSSR count). The summed E-state index contributed by atoms with van der Waals surface area (Å²) in [5.41, 5.74) is 4.27. The number of benzene rings is 1. The van der Waals surface area contributed by atoms with E-state index in [1.165, 1.54) is 5.56 Å². The number of hydrogen-bond donors (Lipinski definition) is 1. The Balaban J connectivity index is 1.96. The average Bonchev–Trinajstić information content (AvgIpc) is 2.77. The molecule has 0 fully saturated rings. The number of ether oxygens (including phenoxy) is 1. The molecule has 1 heterocycles. The molecular formula is C16H20N2O2. The van der Waals surface area contributed by atoms with Crippen LogP contribution >= 0.6 is 0 Å². The Kier molecular flexibility index (Phi) is 3.26. The van der Waals surface area contributed by atoms with Crippen LogP contribution in [0.5, 0.6) is 5.75 Å². The Morgan fingerprint density at radius 2 is 2.10 bits per heavy atom. The molecule has 1 aromatic heterocycles. The van der Waals surface area contributed by atoms with Crippen LogP contribution < -0.4 is 4.74 Å². The van der Waals surface area contributed by atoms with Gasteiger partial charge >= 0.3 is 0 Å². The molecule has 0 bridgehead atoms. The summed E-state index contributed by atoms with van der Waals surface area (Å²) < 4.78 is 7.22. The molecule has 2 aromatic rings. The highest BCUT2D eigenvalue weighted by Gasteiger charge is 2.30. The van der Waals surface area contributed by atoms with Gasteiger partial charge in [0.1, 0.15) is 11.9 Å². The molecule has 1 aliphatic carbocycles. The predicted molar refractivity (Wildman–Crippen MR) is 77.0 cm³/mol. The fraction of sp³-hybridized carbons (Fsp3) is 0.438. The van der Waals surface area contributed by atoms with Gasteiger partial charge in [0.05, 0.1) is 18.8 Å². The number of aliphatic hydroxyl groups is 1. The number of aromatic nitrogens is 2. The van der Waals surface area contributed by atoms with Gasteiger partial charge in [-0.05, 0) is 56.0 Å². The van der Waals surface area contributed by atoms with Gasteiger partial charge in [-0.1, -0.05) is 6.07 Å².